The predicted octanol–water partition coefficient (Wildman–Crippen LogP) is 4.89. The lowest BCUT2D eigenvalue weighted by Gasteiger charge is -2.25. The van der Waals surface area contributed by atoms with Gasteiger partial charge in [0.1, 0.15) is 5.37 Å². The highest BCUT2D eigenvalue weighted by molar-refractivity contribution is 7.99. The first-order chi connectivity index (χ1) is 11.1. The first-order valence-electron chi connectivity index (χ1n) is 7.88. The fraction of sp³-hybridized carbons (Fsp3) is 0.316. The minimum Gasteiger partial charge on any atom is -0.308 e. The maximum atomic E-state index is 12.7. The van der Waals surface area contributed by atoms with Crippen LogP contribution in [0.15, 0.2) is 42.5 Å². The molecule has 2 aromatic carbocycles. The summed E-state index contributed by atoms with van der Waals surface area (Å²) in [6.07, 6.45) is 0. The third-order valence-electron chi connectivity index (χ3n) is 4.36. The van der Waals surface area contributed by atoms with Gasteiger partial charge >= 0.3 is 6.03 Å². The lowest BCUT2D eigenvalue weighted by atomic mass is 10.1. The minimum atomic E-state index is -0.0192. The Hall–Kier alpha value is -1.94. The molecule has 3 rings (SSSR count). The number of hydrogen-bond donors (Lipinski definition) is 1. The smallest absolute Gasteiger partial charge is 0.308 e. The molecule has 0 radical (unpaired) electrons. The Morgan fingerprint density at radius 3 is 2.61 bits per heavy atom. The maximum Gasteiger partial charge on any atom is 0.323 e. The van der Waals surface area contributed by atoms with Crippen molar-refractivity contribution in [2.45, 2.75) is 26.1 Å². The number of carbonyl (C=O) groups is 1. The van der Waals surface area contributed by atoms with E-state index in [4.69, 9.17) is 0 Å². The summed E-state index contributed by atoms with van der Waals surface area (Å²) in [6, 6.07) is 14.4. The van der Waals surface area contributed by atoms with Crippen LogP contribution in [-0.2, 0) is 0 Å². The van der Waals surface area contributed by atoms with Crippen molar-refractivity contribution in [2.75, 3.05) is 17.6 Å². The number of amides is 2. The van der Waals surface area contributed by atoms with Crippen LogP contribution < -0.4 is 5.32 Å². The molecule has 2 aromatic rings. The van der Waals surface area contributed by atoms with E-state index >= 15 is 0 Å². The lowest BCUT2D eigenvalue weighted by molar-refractivity contribution is 0.214. The Kier molecular flexibility index (Phi) is 4.62. The van der Waals surface area contributed by atoms with Gasteiger partial charge in [-0.1, -0.05) is 42.0 Å². The molecule has 3 nitrogen and oxygen atoms in total. The van der Waals surface area contributed by atoms with E-state index in [2.05, 4.69) is 49.5 Å². The van der Waals surface area contributed by atoms with Gasteiger partial charge in [-0.15, -0.1) is 11.8 Å². The summed E-state index contributed by atoms with van der Waals surface area (Å²) in [5.74, 6) is 0.971. The molecule has 1 saturated heterocycles. The van der Waals surface area contributed by atoms with Crippen molar-refractivity contribution in [1.29, 1.82) is 0 Å². The standard InChI is InChI=1S/C19H22N2OS/c1-13-7-9-16(10-8-13)18-21(11-12-23-18)19(22)20-17-6-4-5-14(2)15(17)3/h4-10,18H,11-12H2,1-3H3,(H,20,22). The predicted molar refractivity (Wildman–Crippen MR) is 98.0 cm³/mol. The largest absolute Gasteiger partial charge is 0.323 e. The molecule has 1 fully saturated rings. The van der Waals surface area contributed by atoms with Crippen LogP contribution in [0.2, 0.25) is 0 Å². The van der Waals surface area contributed by atoms with Crippen molar-refractivity contribution in [2.24, 2.45) is 0 Å². The average Bonchev–Trinajstić information content (AvgIpc) is 3.02. The number of hydrogen-bond acceptors (Lipinski definition) is 2. The fourth-order valence-electron chi connectivity index (χ4n) is 2.76. The molecule has 23 heavy (non-hydrogen) atoms. The molecule has 1 atom stereocenters. The SMILES string of the molecule is Cc1ccc(C2SCCN2C(=O)Nc2cccc(C)c2C)cc1. The average molecular weight is 326 g/mol. The number of rotatable bonds is 2. The van der Waals surface area contributed by atoms with E-state index < -0.39 is 0 Å². The van der Waals surface area contributed by atoms with Gasteiger partial charge in [0.25, 0.3) is 0 Å². The summed E-state index contributed by atoms with van der Waals surface area (Å²) in [4.78, 5) is 14.7. The van der Waals surface area contributed by atoms with Crippen LogP contribution in [-0.4, -0.2) is 23.2 Å². The van der Waals surface area contributed by atoms with E-state index in [-0.39, 0.29) is 11.4 Å². The summed E-state index contributed by atoms with van der Waals surface area (Å²) in [7, 11) is 0. The summed E-state index contributed by atoms with van der Waals surface area (Å²) in [6.45, 7) is 6.96. The number of carbonyl (C=O) groups excluding carboxylic acids is 1. The topological polar surface area (TPSA) is 32.3 Å². The van der Waals surface area contributed by atoms with Crippen LogP contribution in [0.5, 0.6) is 0 Å². The number of urea groups is 1. The second-order valence-corrected chi connectivity index (χ2v) is 7.19. The highest BCUT2D eigenvalue weighted by atomic mass is 32.2. The molecular formula is C19H22N2OS. The van der Waals surface area contributed by atoms with E-state index in [1.807, 2.05) is 35.7 Å². The number of aryl methyl sites for hydroxylation is 2. The Labute approximate surface area is 142 Å². The third kappa shape index (κ3) is 3.37. The molecule has 0 aliphatic carbocycles. The summed E-state index contributed by atoms with van der Waals surface area (Å²) in [5.41, 5.74) is 5.64. The van der Waals surface area contributed by atoms with Gasteiger partial charge in [0.05, 0.1) is 0 Å². The molecule has 1 aliphatic rings. The van der Waals surface area contributed by atoms with Crippen LogP contribution in [0, 0.1) is 20.8 Å². The number of nitrogens with one attached hydrogen (secondary N) is 1. The van der Waals surface area contributed by atoms with E-state index in [1.165, 1.54) is 16.7 Å². The third-order valence-corrected chi connectivity index (χ3v) is 5.62. The monoisotopic (exact) mass is 326 g/mol. The molecule has 0 bridgehead atoms. The van der Waals surface area contributed by atoms with E-state index in [9.17, 15) is 4.79 Å². The van der Waals surface area contributed by atoms with Crippen LogP contribution in [0.1, 0.15) is 27.6 Å². The first-order valence-corrected chi connectivity index (χ1v) is 8.93. The van der Waals surface area contributed by atoms with E-state index in [0.29, 0.717) is 0 Å². The molecular weight excluding hydrogens is 304 g/mol. The van der Waals surface area contributed by atoms with Crippen LogP contribution in [0.4, 0.5) is 10.5 Å². The lowest BCUT2D eigenvalue weighted by Crippen LogP contribution is -2.34. The van der Waals surface area contributed by atoms with Gasteiger partial charge in [0.15, 0.2) is 0 Å². The number of nitrogens with zero attached hydrogens (tertiary/aromatic N) is 1. The van der Waals surface area contributed by atoms with Crippen LogP contribution in [0.25, 0.3) is 0 Å². The zero-order chi connectivity index (χ0) is 16.4. The molecule has 120 valence electrons. The van der Waals surface area contributed by atoms with Gasteiger partial charge in [0.2, 0.25) is 0 Å². The molecule has 1 aliphatic heterocycles. The number of thioether (sulfide) groups is 1. The summed E-state index contributed by atoms with van der Waals surface area (Å²) >= 11 is 1.82. The quantitative estimate of drug-likeness (QED) is 0.852. The molecule has 2 amide bonds. The highest BCUT2D eigenvalue weighted by Gasteiger charge is 2.30. The molecule has 1 unspecified atom stereocenters. The van der Waals surface area contributed by atoms with Crippen molar-refractivity contribution in [3.63, 3.8) is 0 Å². The highest BCUT2D eigenvalue weighted by Crippen LogP contribution is 2.38. The minimum absolute atomic E-state index is 0.0192. The number of benzene rings is 2. The van der Waals surface area contributed by atoms with Crippen molar-refractivity contribution in [3.8, 4) is 0 Å². The molecule has 0 spiro atoms. The van der Waals surface area contributed by atoms with Crippen molar-refractivity contribution >= 4 is 23.5 Å². The van der Waals surface area contributed by atoms with Gasteiger partial charge < -0.3 is 10.2 Å². The summed E-state index contributed by atoms with van der Waals surface area (Å²) in [5, 5.41) is 3.18. The van der Waals surface area contributed by atoms with E-state index in [0.717, 1.165) is 23.5 Å². The zero-order valence-corrected chi connectivity index (χ0v) is 14.6. The second-order valence-electron chi connectivity index (χ2n) is 6.00. The Morgan fingerprint density at radius 2 is 1.87 bits per heavy atom. The molecule has 4 heteroatoms. The van der Waals surface area contributed by atoms with E-state index in [1.54, 1.807) is 0 Å². The summed E-state index contributed by atoms with van der Waals surface area (Å²) < 4.78 is 0. The zero-order valence-electron chi connectivity index (χ0n) is 13.8. The van der Waals surface area contributed by atoms with Gasteiger partial charge in [0, 0.05) is 18.0 Å². The van der Waals surface area contributed by atoms with Gasteiger partial charge in [-0.3, -0.25) is 0 Å². The first kappa shape index (κ1) is 15.9. The van der Waals surface area contributed by atoms with Crippen LogP contribution in [0.3, 0.4) is 0 Å². The van der Waals surface area contributed by atoms with Crippen molar-refractivity contribution < 1.29 is 4.79 Å². The Morgan fingerprint density at radius 1 is 1.13 bits per heavy atom. The molecule has 0 aromatic heterocycles. The van der Waals surface area contributed by atoms with Crippen molar-refractivity contribution in [3.05, 3.63) is 64.7 Å². The molecule has 1 heterocycles. The molecule has 1 N–H and O–H groups in total. The van der Waals surface area contributed by atoms with Gasteiger partial charge in [-0.2, -0.15) is 0 Å². The maximum absolute atomic E-state index is 12.7. The van der Waals surface area contributed by atoms with Gasteiger partial charge in [-0.25, -0.2) is 4.79 Å². The van der Waals surface area contributed by atoms with Crippen molar-refractivity contribution in [1.82, 2.24) is 4.90 Å². The van der Waals surface area contributed by atoms with Gasteiger partial charge in [-0.05, 0) is 43.5 Å². The fourth-order valence-corrected chi connectivity index (χ4v) is 4.01. The second kappa shape index (κ2) is 6.67. The Bertz CT molecular complexity index is 712. The van der Waals surface area contributed by atoms with Crippen LogP contribution >= 0.6 is 11.8 Å². The normalized spacial score (nSPS) is 17.3. The molecule has 0 saturated carbocycles. The number of anilines is 1. The Balaban J connectivity index is 1.78.